The number of amides is 1. The van der Waals surface area contributed by atoms with Crippen molar-refractivity contribution in [1.29, 1.82) is 5.26 Å². The fourth-order valence-corrected chi connectivity index (χ4v) is 2.34. The molecule has 116 valence electrons. The number of anilines is 1. The molecule has 0 aliphatic rings. The maximum Gasteiger partial charge on any atom is 0.331 e. The average Bonchev–Trinajstić information content (AvgIpc) is 3.06. The summed E-state index contributed by atoms with van der Waals surface area (Å²) >= 11 is 1.53. The van der Waals surface area contributed by atoms with E-state index in [0.29, 0.717) is 12.1 Å². The summed E-state index contributed by atoms with van der Waals surface area (Å²) in [6, 6.07) is 10.8. The maximum atomic E-state index is 11.7. The Morgan fingerprint density at radius 3 is 2.70 bits per heavy atom. The molecule has 1 N–H and O–H groups in total. The highest BCUT2D eigenvalue weighted by molar-refractivity contribution is 7.08. The van der Waals surface area contributed by atoms with Crippen molar-refractivity contribution in [1.82, 2.24) is 0 Å². The van der Waals surface area contributed by atoms with Crippen molar-refractivity contribution in [3.8, 4) is 6.07 Å². The van der Waals surface area contributed by atoms with E-state index in [2.05, 4.69) is 5.32 Å². The summed E-state index contributed by atoms with van der Waals surface area (Å²) in [5, 5.41) is 15.0. The molecule has 0 saturated carbocycles. The van der Waals surface area contributed by atoms with Crippen LogP contribution >= 0.6 is 11.3 Å². The average molecular weight is 326 g/mol. The van der Waals surface area contributed by atoms with Gasteiger partial charge < -0.3 is 10.1 Å². The largest absolute Gasteiger partial charge is 0.452 e. The van der Waals surface area contributed by atoms with Crippen molar-refractivity contribution >= 4 is 35.0 Å². The van der Waals surface area contributed by atoms with Crippen LogP contribution in [-0.2, 0) is 20.7 Å². The summed E-state index contributed by atoms with van der Waals surface area (Å²) in [5.41, 5.74) is 2.37. The van der Waals surface area contributed by atoms with Gasteiger partial charge >= 0.3 is 5.97 Å². The minimum Gasteiger partial charge on any atom is -0.452 e. The number of hydrogen-bond acceptors (Lipinski definition) is 5. The molecular weight excluding hydrogens is 312 g/mol. The molecule has 1 amide bonds. The van der Waals surface area contributed by atoms with Crippen LogP contribution in [0, 0.1) is 11.3 Å². The zero-order valence-electron chi connectivity index (χ0n) is 12.2. The van der Waals surface area contributed by atoms with Gasteiger partial charge in [0, 0.05) is 11.8 Å². The maximum absolute atomic E-state index is 11.7. The fraction of sp³-hybridized carbons (Fsp3) is 0.118. The van der Waals surface area contributed by atoms with Crippen molar-refractivity contribution < 1.29 is 14.3 Å². The highest BCUT2D eigenvalue weighted by Gasteiger charge is 2.05. The van der Waals surface area contributed by atoms with E-state index in [9.17, 15) is 9.59 Å². The number of hydrogen-bond donors (Lipinski definition) is 1. The molecule has 23 heavy (non-hydrogen) atoms. The quantitative estimate of drug-likeness (QED) is 0.654. The Balaban J connectivity index is 1.76. The molecular formula is C17H14N2O3S. The highest BCUT2D eigenvalue weighted by Crippen LogP contribution is 2.10. The number of rotatable bonds is 6. The van der Waals surface area contributed by atoms with Crippen molar-refractivity contribution in [2.24, 2.45) is 0 Å². The van der Waals surface area contributed by atoms with Crippen LogP contribution in [0.15, 0.2) is 47.2 Å². The number of nitrogens with zero attached hydrogens (tertiary/aromatic N) is 1. The van der Waals surface area contributed by atoms with Gasteiger partial charge in [-0.2, -0.15) is 16.6 Å². The second kappa shape index (κ2) is 8.51. The zero-order chi connectivity index (χ0) is 16.5. The number of benzene rings is 1. The van der Waals surface area contributed by atoms with Gasteiger partial charge in [0.05, 0.1) is 12.5 Å². The lowest BCUT2D eigenvalue weighted by Crippen LogP contribution is -2.20. The highest BCUT2D eigenvalue weighted by atomic mass is 32.1. The number of nitrogens with one attached hydrogen (secondary N) is 1. The molecule has 0 unspecified atom stereocenters. The Morgan fingerprint density at radius 1 is 1.26 bits per heavy atom. The first-order valence-corrected chi connectivity index (χ1v) is 7.74. The molecule has 0 aliphatic heterocycles. The van der Waals surface area contributed by atoms with Gasteiger partial charge in [0.1, 0.15) is 0 Å². The van der Waals surface area contributed by atoms with Crippen molar-refractivity contribution in [2.75, 3.05) is 11.9 Å². The Morgan fingerprint density at radius 2 is 2.04 bits per heavy atom. The normalized spacial score (nSPS) is 10.2. The summed E-state index contributed by atoms with van der Waals surface area (Å²) in [5.74, 6) is -0.994. The van der Waals surface area contributed by atoms with Gasteiger partial charge in [-0.05, 0) is 46.2 Å². The van der Waals surface area contributed by atoms with Crippen LogP contribution in [0.25, 0.3) is 6.08 Å². The number of carbonyl (C=O) groups is 2. The summed E-state index contributed by atoms with van der Waals surface area (Å²) in [6.45, 7) is -0.354. The molecule has 0 aliphatic carbocycles. The summed E-state index contributed by atoms with van der Waals surface area (Å²) in [7, 11) is 0. The van der Waals surface area contributed by atoms with Gasteiger partial charge in [-0.1, -0.05) is 12.1 Å². The minimum absolute atomic E-state index is 0.322. The molecule has 6 heteroatoms. The number of ether oxygens (including phenoxy) is 1. The van der Waals surface area contributed by atoms with Gasteiger partial charge in [-0.25, -0.2) is 4.79 Å². The first-order valence-electron chi connectivity index (χ1n) is 6.80. The predicted octanol–water partition coefficient (Wildman–Crippen LogP) is 3.01. The lowest BCUT2D eigenvalue weighted by atomic mass is 10.1. The van der Waals surface area contributed by atoms with Crippen LogP contribution in [0.1, 0.15) is 11.1 Å². The SMILES string of the molecule is N#CCc1ccc(NC(=O)COC(=O)/C=C/c2ccsc2)cc1. The lowest BCUT2D eigenvalue weighted by Gasteiger charge is -2.05. The van der Waals surface area contributed by atoms with E-state index in [-0.39, 0.29) is 6.61 Å². The third kappa shape index (κ3) is 5.77. The summed E-state index contributed by atoms with van der Waals surface area (Å²) in [6.07, 6.45) is 3.24. The van der Waals surface area contributed by atoms with E-state index in [1.807, 2.05) is 22.9 Å². The van der Waals surface area contributed by atoms with Crippen molar-refractivity contribution in [3.63, 3.8) is 0 Å². The summed E-state index contributed by atoms with van der Waals surface area (Å²) in [4.78, 5) is 23.2. The molecule has 1 aromatic heterocycles. The molecule has 5 nitrogen and oxygen atoms in total. The van der Waals surface area contributed by atoms with Gasteiger partial charge in [-0.15, -0.1) is 0 Å². The molecule has 0 bridgehead atoms. The van der Waals surface area contributed by atoms with Gasteiger partial charge in [0.25, 0.3) is 5.91 Å². The molecule has 0 atom stereocenters. The monoisotopic (exact) mass is 326 g/mol. The third-order valence-corrected chi connectivity index (χ3v) is 3.52. The Labute approximate surface area is 137 Å². The number of nitriles is 1. The Hall–Kier alpha value is -2.91. The van der Waals surface area contributed by atoms with Crippen molar-refractivity contribution in [3.05, 3.63) is 58.3 Å². The van der Waals surface area contributed by atoms with Crippen LogP contribution in [0.4, 0.5) is 5.69 Å². The van der Waals surface area contributed by atoms with E-state index >= 15 is 0 Å². The minimum atomic E-state index is -0.573. The zero-order valence-corrected chi connectivity index (χ0v) is 13.0. The number of thiophene rings is 1. The Bertz CT molecular complexity index is 728. The smallest absolute Gasteiger partial charge is 0.331 e. The third-order valence-electron chi connectivity index (χ3n) is 2.82. The van der Waals surface area contributed by atoms with Gasteiger partial charge in [0.2, 0.25) is 0 Å². The van der Waals surface area contributed by atoms with Gasteiger partial charge in [0.15, 0.2) is 6.61 Å². The first kappa shape index (κ1) is 16.5. The standard InChI is InChI=1S/C17H14N2O3S/c18-9-7-13-1-4-15(5-2-13)19-16(20)11-22-17(21)6-3-14-8-10-23-12-14/h1-6,8,10,12H,7,11H2,(H,19,20)/b6-3+. The van der Waals surface area contributed by atoms with E-state index < -0.39 is 11.9 Å². The van der Waals surface area contributed by atoms with E-state index in [1.54, 1.807) is 30.3 Å². The van der Waals surface area contributed by atoms with E-state index in [4.69, 9.17) is 10.00 Å². The van der Waals surface area contributed by atoms with E-state index in [0.717, 1.165) is 11.1 Å². The summed E-state index contributed by atoms with van der Waals surface area (Å²) < 4.78 is 4.86. The molecule has 2 aromatic rings. The van der Waals surface area contributed by atoms with E-state index in [1.165, 1.54) is 17.4 Å². The van der Waals surface area contributed by atoms with Crippen molar-refractivity contribution in [2.45, 2.75) is 6.42 Å². The lowest BCUT2D eigenvalue weighted by molar-refractivity contribution is -0.142. The van der Waals surface area contributed by atoms with Crippen LogP contribution in [0.2, 0.25) is 0 Å². The molecule has 0 spiro atoms. The van der Waals surface area contributed by atoms with Crippen LogP contribution in [0.3, 0.4) is 0 Å². The first-order chi connectivity index (χ1) is 11.2. The Kier molecular flexibility index (Phi) is 6.09. The molecule has 0 fully saturated rings. The number of esters is 1. The molecule has 1 heterocycles. The van der Waals surface area contributed by atoms with Crippen LogP contribution in [0.5, 0.6) is 0 Å². The van der Waals surface area contributed by atoms with Crippen LogP contribution in [-0.4, -0.2) is 18.5 Å². The topological polar surface area (TPSA) is 79.2 Å². The number of carbonyl (C=O) groups excluding carboxylic acids is 2. The molecule has 0 saturated heterocycles. The fourth-order valence-electron chi connectivity index (χ4n) is 1.71. The molecule has 0 radical (unpaired) electrons. The molecule has 2 rings (SSSR count). The second-order valence-corrected chi connectivity index (χ2v) is 5.36. The second-order valence-electron chi connectivity index (χ2n) is 4.58. The predicted molar refractivity (Wildman–Crippen MR) is 88.7 cm³/mol. The van der Waals surface area contributed by atoms with Crippen LogP contribution < -0.4 is 5.32 Å². The molecule has 1 aromatic carbocycles. The van der Waals surface area contributed by atoms with Gasteiger partial charge in [-0.3, -0.25) is 4.79 Å².